The van der Waals surface area contributed by atoms with Crippen molar-refractivity contribution in [1.82, 2.24) is 0 Å². The molecule has 0 unspecified atom stereocenters. The Labute approximate surface area is 135 Å². The Morgan fingerprint density at radius 3 is 2.48 bits per heavy atom. The standard InChI is InChI=1S/C18H20N2O3/c1-2-3-12-23-17-10-4-14(5-11-17)13-19-20-16-8-6-15(7-9-16)18(21)22/h4-11,13,20H,2-3,12H2,1H3,(H,21,22). The molecule has 5 heteroatoms. The highest BCUT2D eigenvalue weighted by molar-refractivity contribution is 5.88. The van der Waals surface area contributed by atoms with E-state index in [-0.39, 0.29) is 5.56 Å². The third kappa shape index (κ3) is 5.47. The molecule has 2 rings (SSSR count). The van der Waals surface area contributed by atoms with Crippen molar-refractivity contribution in [2.45, 2.75) is 19.8 Å². The monoisotopic (exact) mass is 312 g/mol. The summed E-state index contributed by atoms with van der Waals surface area (Å²) in [6.07, 6.45) is 3.86. The normalized spacial score (nSPS) is 10.7. The van der Waals surface area contributed by atoms with E-state index < -0.39 is 5.97 Å². The smallest absolute Gasteiger partial charge is 0.335 e. The predicted octanol–water partition coefficient (Wildman–Crippen LogP) is 4.01. The van der Waals surface area contributed by atoms with Gasteiger partial charge < -0.3 is 9.84 Å². The first-order valence-corrected chi connectivity index (χ1v) is 7.54. The van der Waals surface area contributed by atoms with Crippen molar-refractivity contribution in [3.63, 3.8) is 0 Å². The summed E-state index contributed by atoms with van der Waals surface area (Å²) in [5.41, 5.74) is 4.78. The van der Waals surface area contributed by atoms with E-state index in [0.717, 1.165) is 36.4 Å². The minimum absolute atomic E-state index is 0.248. The van der Waals surface area contributed by atoms with E-state index in [4.69, 9.17) is 9.84 Å². The quantitative estimate of drug-likeness (QED) is 0.439. The fourth-order valence-electron chi connectivity index (χ4n) is 1.85. The predicted molar refractivity (Wildman–Crippen MR) is 91.5 cm³/mol. The van der Waals surface area contributed by atoms with Crippen LogP contribution in [0.4, 0.5) is 5.69 Å². The first-order chi connectivity index (χ1) is 11.2. The molecule has 0 fully saturated rings. The van der Waals surface area contributed by atoms with E-state index in [1.54, 1.807) is 18.3 Å². The van der Waals surface area contributed by atoms with Gasteiger partial charge in [0.25, 0.3) is 0 Å². The summed E-state index contributed by atoms with van der Waals surface area (Å²) in [5.74, 6) is -0.0888. The van der Waals surface area contributed by atoms with E-state index >= 15 is 0 Å². The van der Waals surface area contributed by atoms with Gasteiger partial charge in [-0.2, -0.15) is 5.10 Å². The summed E-state index contributed by atoms with van der Waals surface area (Å²) in [7, 11) is 0. The van der Waals surface area contributed by atoms with Crippen molar-refractivity contribution in [3.8, 4) is 5.75 Å². The molecule has 0 aliphatic carbocycles. The number of hydrogen-bond donors (Lipinski definition) is 2. The van der Waals surface area contributed by atoms with E-state index in [9.17, 15) is 4.79 Å². The maximum Gasteiger partial charge on any atom is 0.335 e. The van der Waals surface area contributed by atoms with Gasteiger partial charge in [-0.3, -0.25) is 5.43 Å². The van der Waals surface area contributed by atoms with Crippen molar-refractivity contribution in [1.29, 1.82) is 0 Å². The van der Waals surface area contributed by atoms with Crippen LogP contribution in [0.25, 0.3) is 0 Å². The minimum atomic E-state index is -0.943. The van der Waals surface area contributed by atoms with Crippen LogP contribution in [0.15, 0.2) is 53.6 Å². The van der Waals surface area contributed by atoms with Crippen LogP contribution in [0.5, 0.6) is 5.75 Å². The van der Waals surface area contributed by atoms with E-state index in [0.29, 0.717) is 0 Å². The Morgan fingerprint density at radius 2 is 1.87 bits per heavy atom. The number of carboxylic acids is 1. The molecule has 23 heavy (non-hydrogen) atoms. The lowest BCUT2D eigenvalue weighted by atomic mass is 10.2. The Bertz CT molecular complexity index is 649. The number of nitrogens with one attached hydrogen (secondary N) is 1. The van der Waals surface area contributed by atoms with Crippen molar-refractivity contribution >= 4 is 17.9 Å². The summed E-state index contributed by atoms with van der Waals surface area (Å²) >= 11 is 0. The van der Waals surface area contributed by atoms with Gasteiger partial charge in [0.05, 0.1) is 24.1 Å². The molecular weight excluding hydrogens is 292 g/mol. The minimum Gasteiger partial charge on any atom is -0.494 e. The Hall–Kier alpha value is -2.82. The highest BCUT2D eigenvalue weighted by Crippen LogP contribution is 2.12. The molecule has 0 radical (unpaired) electrons. The second-order valence-corrected chi connectivity index (χ2v) is 5.02. The van der Waals surface area contributed by atoms with Crippen LogP contribution >= 0.6 is 0 Å². The van der Waals surface area contributed by atoms with Crippen LogP contribution in [0.1, 0.15) is 35.7 Å². The average molecular weight is 312 g/mol. The molecule has 2 aromatic rings. The average Bonchev–Trinajstić information content (AvgIpc) is 2.57. The highest BCUT2D eigenvalue weighted by Gasteiger charge is 2.00. The van der Waals surface area contributed by atoms with Gasteiger partial charge in [-0.25, -0.2) is 4.79 Å². The number of ether oxygens (including phenoxy) is 1. The van der Waals surface area contributed by atoms with Crippen LogP contribution in [-0.2, 0) is 0 Å². The van der Waals surface area contributed by atoms with Gasteiger partial charge in [0.1, 0.15) is 5.75 Å². The highest BCUT2D eigenvalue weighted by atomic mass is 16.5. The van der Waals surface area contributed by atoms with Crippen molar-refractivity contribution in [2.75, 3.05) is 12.0 Å². The van der Waals surface area contributed by atoms with Gasteiger partial charge in [-0.1, -0.05) is 13.3 Å². The van der Waals surface area contributed by atoms with Crippen molar-refractivity contribution in [3.05, 3.63) is 59.7 Å². The van der Waals surface area contributed by atoms with Gasteiger partial charge in [0.15, 0.2) is 0 Å². The summed E-state index contributed by atoms with van der Waals surface area (Å²) in [6.45, 7) is 2.86. The SMILES string of the molecule is CCCCOc1ccc(C=NNc2ccc(C(=O)O)cc2)cc1. The van der Waals surface area contributed by atoms with Gasteiger partial charge in [-0.15, -0.1) is 0 Å². The number of hydrogen-bond acceptors (Lipinski definition) is 4. The number of hydrazone groups is 1. The maximum absolute atomic E-state index is 10.8. The number of nitrogens with zero attached hydrogens (tertiary/aromatic N) is 1. The zero-order valence-electron chi connectivity index (χ0n) is 13.0. The molecule has 120 valence electrons. The number of rotatable bonds is 8. The molecule has 0 aromatic heterocycles. The molecule has 0 spiro atoms. The molecule has 0 amide bonds. The number of aromatic carboxylic acids is 1. The lowest BCUT2D eigenvalue weighted by molar-refractivity contribution is 0.0697. The van der Waals surface area contributed by atoms with Crippen LogP contribution in [0.3, 0.4) is 0 Å². The van der Waals surface area contributed by atoms with Gasteiger partial charge >= 0.3 is 5.97 Å². The van der Waals surface area contributed by atoms with Crippen LogP contribution in [-0.4, -0.2) is 23.9 Å². The molecule has 0 aliphatic heterocycles. The molecule has 0 atom stereocenters. The second kappa shape index (κ2) is 8.58. The van der Waals surface area contributed by atoms with Crippen LogP contribution in [0.2, 0.25) is 0 Å². The molecule has 0 saturated heterocycles. The lowest BCUT2D eigenvalue weighted by Gasteiger charge is -2.05. The molecule has 2 N–H and O–H groups in total. The molecule has 5 nitrogen and oxygen atoms in total. The molecule has 0 bridgehead atoms. The first kappa shape index (κ1) is 16.5. The summed E-state index contributed by atoms with van der Waals surface area (Å²) in [6, 6.07) is 14.1. The number of carbonyl (C=O) groups is 1. The molecular formula is C18H20N2O3. The van der Waals surface area contributed by atoms with Gasteiger partial charge in [-0.05, 0) is 60.5 Å². The Morgan fingerprint density at radius 1 is 1.17 bits per heavy atom. The third-order valence-corrected chi connectivity index (χ3v) is 3.19. The Balaban J connectivity index is 1.86. The topological polar surface area (TPSA) is 70.9 Å². The Kier molecular flexibility index (Phi) is 6.17. The summed E-state index contributed by atoms with van der Waals surface area (Å²) in [4.78, 5) is 10.8. The molecule has 0 saturated carbocycles. The van der Waals surface area contributed by atoms with Crippen molar-refractivity contribution in [2.24, 2.45) is 5.10 Å². The zero-order valence-corrected chi connectivity index (χ0v) is 13.0. The van der Waals surface area contributed by atoms with E-state index in [2.05, 4.69) is 17.5 Å². The molecule has 2 aromatic carbocycles. The lowest BCUT2D eigenvalue weighted by Crippen LogP contribution is -1.97. The molecule has 0 aliphatic rings. The number of carboxylic acid groups (broad SMARTS) is 1. The van der Waals surface area contributed by atoms with Crippen LogP contribution in [0, 0.1) is 0 Å². The summed E-state index contributed by atoms with van der Waals surface area (Å²) in [5, 5.41) is 13.0. The second-order valence-electron chi connectivity index (χ2n) is 5.02. The van der Waals surface area contributed by atoms with E-state index in [1.807, 2.05) is 24.3 Å². The van der Waals surface area contributed by atoms with Gasteiger partial charge in [0.2, 0.25) is 0 Å². The summed E-state index contributed by atoms with van der Waals surface area (Å²) < 4.78 is 5.60. The number of anilines is 1. The van der Waals surface area contributed by atoms with E-state index in [1.165, 1.54) is 12.1 Å². The molecule has 0 heterocycles. The van der Waals surface area contributed by atoms with Crippen LogP contribution < -0.4 is 10.2 Å². The maximum atomic E-state index is 10.8. The largest absolute Gasteiger partial charge is 0.494 e. The first-order valence-electron chi connectivity index (χ1n) is 7.54. The zero-order chi connectivity index (χ0) is 16.5. The number of unbranched alkanes of at least 4 members (excludes halogenated alkanes) is 1. The van der Waals surface area contributed by atoms with Crippen molar-refractivity contribution < 1.29 is 14.6 Å². The fourth-order valence-corrected chi connectivity index (χ4v) is 1.85. The third-order valence-electron chi connectivity index (χ3n) is 3.19. The van der Waals surface area contributed by atoms with Gasteiger partial charge in [0, 0.05) is 0 Å². The number of benzene rings is 2. The fraction of sp³-hybridized carbons (Fsp3) is 0.222.